The summed E-state index contributed by atoms with van der Waals surface area (Å²) in [7, 11) is 2.73. The van der Waals surface area contributed by atoms with Gasteiger partial charge in [-0.3, -0.25) is 9.36 Å². The van der Waals surface area contributed by atoms with Gasteiger partial charge in [0, 0.05) is 4.47 Å². The average Bonchev–Trinajstić information content (AvgIpc) is 3.33. The maximum absolute atomic E-state index is 14.1. The number of halogens is 1. The number of thiazole rings is 1. The molecular weight excluding hydrogens is 670 g/mol. The largest absolute Gasteiger partial charge is 0.493 e. The second-order valence-corrected chi connectivity index (χ2v) is 11.1. The highest BCUT2D eigenvalue weighted by Crippen LogP contribution is 2.37. The second-order valence-electron chi connectivity index (χ2n) is 9.28. The Labute approximate surface area is 270 Å². The molecule has 2 heterocycles. The number of hydrogen-bond donors (Lipinski definition) is 0. The molecule has 0 unspecified atom stereocenters. The van der Waals surface area contributed by atoms with Crippen LogP contribution >= 0.6 is 27.3 Å². The van der Waals surface area contributed by atoms with E-state index in [2.05, 4.69) is 25.7 Å². The molecule has 0 fully saturated rings. The van der Waals surface area contributed by atoms with E-state index in [0.717, 1.165) is 11.3 Å². The lowest BCUT2D eigenvalue weighted by atomic mass is 9.95. The van der Waals surface area contributed by atoms with Crippen molar-refractivity contribution < 1.29 is 38.0 Å². The predicted octanol–water partition coefficient (Wildman–Crippen LogP) is 3.42. The minimum Gasteiger partial charge on any atom is -0.493 e. The molecular formula is C31H30BrN3O9S. The van der Waals surface area contributed by atoms with Crippen LogP contribution in [-0.4, -0.2) is 57.2 Å². The van der Waals surface area contributed by atoms with E-state index in [4.69, 9.17) is 28.9 Å². The molecule has 236 valence electrons. The number of fused-ring (bicyclic) bond motifs is 1. The molecule has 0 amide bonds. The van der Waals surface area contributed by atoms with E-state index in [1.54, 1.807) is 57.2 Å². The standard InChI is InChI=1S/C31H30BrN3O9S/c1-6-41-23-12-18(8-9-21(23)44-16-26(36)40-5)28-27(30(38)42-7-2)17(3)34-31-35(28)29(37)25(45-31)14-19-13-22(39-4)24(15-20(19)32)43-11-10-33/h8-9,12-15,28H,6-7,11,16H2,1-5H3/b25-14-/t28-/m0/s1. The van der Waals surface area contributed by atoms with Gasteiger partial charge in [0.1, 0.15) is 6.07 Å². The summed E-state index contributed by atoms with van der Waals surface area (Å²) >= 11 is 4.67. The third kappa shape index (κ3) is 7.21. The SMILES string of the molecule is CCOC(=O)C1=C(C)N=c2s/c(=C\c3cc(OC)c(OCC#N)cc3Br)c(=O)n2[C@H]1c1ccc(OCC(=O)OC)c(OCC)c1. The number of methoxy groups -OCH3 is 2. The fourth-order valence-electron chi connectivity index (χ4n) is 4.57. The van der Waals surface area contributed by atoms with E-state index in [-0.39, 0.29) is 31.1 Å². The third-order valence-electron chi connectivity index (χ3n) is 6.54. The number of hydrogen-bond acceptors (Lipinski definition) is 12. The van der Waals surface area contributed by atoms with Gasteiger partial charge >= 0.3 is 11.9 Å². The van der Waals surface area contributed by atoms with Crippen molar-refractivity contribution in [1.29, 1.82) is 5.26 Å². The monoisotopic (exact) mass is 699 g/mol. The zero-order valence-electron chi connectivity index (χ0n) is 25.2. The molecule has 2 aromatic carbocycles. The predicted molar refractivity (Wildman–Crippen MR) is 167 cm³/mol. The molecule has 1 atom stereocenters. The molecule has 12 nitrogen and oxygen atoms in total. The molecule has 0 radical (unpaired) electrons. The highest BCUT2D eigenvalue weighted by atomic mass is 79.9. The van der Waals surface area contributed by atoms with Crippen molar-refractivity contribution in [2.45, 2.75) is 26.8 Å². The lowest BCUT2D eigenvalue weighted by Gasteiger charge is -2.25. The first kappa shape index (κ1) is 33.3. The maximum atomic E-state index is 14.1. The molecule has 1 aromatic heterocycles. The average molecular weight is 701 g/mol. The lowest BCUT2D eigenvalue weighted by Crippen LogP contribution is -2.40. The topological polar surface area (TPSA) is 148 Å². The fourth-order valence-corrected chi connectivity index (χ4v) is 6.04. The summed E-state index contributed by atoms with van der Waals surface area (Å²) in [6.45, 7) is 5.11. The van der Waals surface area contributed by atoms with Gasteiger partial charge in [0.25, 0.3) is 5.56 Å². The van der Waals surface area contributed by atoms with Gasteiger partial charge in [0.05, 0.1) is 49.3 Å². The van der Waals surface area contributed by atoms with Crippen LogP contribution in [0.1, 0.15) is 37.9 Å². The molecule has 0 saturated carbocycles. The number of rotatable bonds is 12. The Balaban J connectivity index is 1.90. The second kappa shape index (κ2) is 14.9. The van der Waals surface area contributed by atoms with E-state index in [1.807, 2.05) is 6.07 Å². The van der Waals surface area contributed by atoms with Gasteiger partial charge < -0.3 is 28.4 Å². The van der Waals surface area contributed by atoms with E-state index >= 15 is 0 Å². The highest BCUT2D eigenvalue weighted by Gasteiger charge is 2.34. The Kier molecular flexibility index (Phi) is 11.0. The smallest absolute Gasteiger partial charge is 0.343 e. The van der Waals surface area contributed by atoms with Crippen molar-refractivity contribution >= 4 is 45.3 Å². The zero-order valence-corrected chi connectivity index (χ0v) is 27.6. The van der Waals surface area contributed by atoms with Gasteiger partial charge in [-0.25, -0.2) is 14.6 Å². The van der Waals surface area contributed by atoms with Crippen molar-refractivity contribution in [2.24, 2.45) is 4.99 Å². The fraction of sp³-hybridized carbons (Fsp3) is 0.323. The van der Waals surface area contributed by atoms with Crippen LogP contribution in [0.25, 0.3) is 6.08 Å². The summed E-state index contributed by atoms with van der Waals surface area (Å²) in [5.74, 6) is 0.173. The number of aromatic nitrogens is 1. The summed E-state index contributed by atoms with van der Waals surface area (Å²) in [5.41, 5.74) is 1.36. The van der Waals surface area contributed by atoms with Crippen molar-refractivity contribution in [2.75, 3.05) is 40.6 Å². The number of ether oxygens (including phenoxy) is 6. The quantitative estimate of drug-likeness (QED) is 0.258. The van der Waals surface area contributed by atoms with Gasteiger partial charge in [-0.15, -0.1) is 0 Å². The van der Waals surface area contributed by atoms with Gasteiger partial charge in [-0.05, 0) is 62.2 Å². The molecule has 0 spiro atoms. The van der Waals surface area contributed by atoms with Crippen molar-refractivity contribution in [3.05, 3.63) is 76.9 Å². The molecule has 0 bridgehead atoms. The number of nitrogens with zero attached hydrogens (tertiary/aromatic N) is 3. The summed E-state index contributed by atoms with van der Waals surface area (Å²) in [4.78, 5) is 44.1. The molecule has 4 rings (SSSR count). The number of benzene rings is 2. The summed E-state index contributed by atoms with van der Waals surface area (Å²) in [6.07, 6.45) is 1.68. The minimum absolute atomic E-state index is 0.126. The summed E-state index contributed by atoms with van der Waals surface area (Å²) in [6, 6.07) is 9.32. The van der Waals surface area contributed by atoms with E-state index in [9.17, 15) is 14.4 Å². The normalized spacial score (nSPS) is 14.2. The van der Waals surface area contributed by atoms with Gasteiger partial charge in [0.15, 0.2) is 41.0 Å². The van der Waals surface area contributed by atoms with Crippen LogP contribution in [-0.2, 0) is 19.1 Å². The molecule has 0 aliphatic carbocycles. The van der Waals surface area contributed by atoms with Gasteiger partial charge in [-0.1, -0.05) is 33.3 Å². The summed E-state index contributed by atoms with van der Waals surface area (Å²) < 4.78 is 34.7. The molecule has 0 saturated heterocycles. The van der Waals surface area contributed by atoms with Crippen LogP contribution in [0.15, 0.2) is 55.9 Å². The Morgan fingerprint density at radius 3 is 2.49 bits per heavy atom. The van der Waals surface area contributed by atoms with E-state index in [0.29, 0.717) is 54.5 Å². The minimum atomic E-state index is -0.906. The first-order chi connectivity index (χ1) is 21.7. The number of allylic oxidation sites excluding steroid dienone is 1. The number of carbonyl (C=O) groups is 2. The first-order valence-corrected chi connectivity index (χ1v) is 15.3. The molecule has 1 aliphatic heterocycles. The van der Waals surface area contributed by atoms with Crippen LogP contribution < -0.4 is 33.8 Å². The van der Waals surface area contributed by atoms with Crippen molar-refractivity contribution in [3.8, 4) is 29.1 Å². The first-order valence-electron chi connectivity index (χ1n) is 13.7. The third-order valence-corrected chi connectivity index (χ3v) is 8.21. The number of esters is 2. The number of nitriles is 1. The Morgan fingerprint density at radius 2 is 1.82 bits per heavy atom. The Bertz CT molecular complexity index is 1870. The van der Waals surface area contributed by atoms with Gasteiger partial charge in [-0.2, -0.15) is 5.26 Å². The van der Waals surface area contributed by atoms with Crippen LogP contribution in [0, 0.1) is 11.3 Å². The van der Waals surface area contributed by atoms with Crippen molar-refractivity contribution in [1.82, 2.24) is 4.57 Å². The Morgan fingerprint density at radius 1 is 1.07 bits per heavy atom. The summed E-state index contributed by atoms with van der Waals surface area (Å²) in [5, 5.41) is 8.89. The Hall–Kier alpha value is -4.61. The zero-order chi connectivity index (χ0) is 32.7. The van der Waals surface area contributed by atoms with Crippen LogP contribution in [0.3, 0.4) is 0 Å². The van der Waals surface area contributed by atoms with Crippen LogP contribution in [0.2, 0.25) is 0 Å². The van der Waals surface area contributed by atoms with E-state index in [1.165, 1.54) is 18.8 Å². The molecule has 14 heteroatoms. The van der Waals surface area contributed by atoms with Crippen LogP contribution in [0.5, 0.6) is 23.0 Å². The molecule has 0 N–H and O–H groups in total. The highest BCUT2D eigenvalue weighted by molar-refractivity contribution is 9.10. The lowest BCUT2D eigenvalue weighted by molar-refractivity contribution is -0.143. The molecule has 3 aromatic rings. The van der Waals surface area contributed by atoms with Gasteiger partial charge in [0.2, 0.25) is 0 Å². The van der Waals surface area contributed by atoms with Crippen molar-refractivity contribution in [3.63, 3.8) is 0 Å². The molecule has 1 aliphatic rings. The number of carbonyl (C=O) groups excluding carboxylic acids is 2. The van der Waals surface area contributed by atoms with Crippen LogP contribution in [0.4, 0.5) is 0 Å². The van der Waals surface area contributed by atoms with E-state index < -0.39 is 23.5 Å². The maximum Gasteiger partial charge on any atom is 0.343 e. The molecule has 45 heavy (non-hydrogen) atoms.